The largest absolute Gasteiger partial charge is 0.497 e. The third-order valence-electron chi connectivity index (χ3n) is 5.68. The Bertz CT molecular complexity index is 1040. The summed E-state index contributed by atoms with van der Waals surface area (Å²) in [5.41, 5.74) is 1.23. The minimum atomic E-state index is -0.143. The van der Waals surface area contributed by atoms with Crippen molar-refractivity contribution < 1.29 is 9.53 Å². The van der Waals surface area contributed by atoms with Gasteiger partial charge in [-0.25, -0.2) is 0 Å². The molecule has 6 heteroatoms. The number of methoxy groups -OCH3 is 1. The van der Waals surface area contributed by atoms with E-state index < -0.39 is 0 Å². The Morgan fingerprint density at radius 3 is 2.72 bits per heavy atom. The molecular weight excluding hydrogens is 384 g/mol. The third-order valence-corrected chi connectivity index (χ3v) is 6.54. The van der Waals surface area contributed by atoms with Gasteiger partial charge in [0.1, 0.15) is 5.75 Å². The van der Waals surface area contributed by atoms with E-state index in [4.69, 9.17) is 4.74 Å². The van der Waals surface area contributed by atoms with Crippen LogP contribution in [0.1, 0.15) is 42.5 Å². The van der Waals surface area contributed by atoms with Gasteiger partial charge in [0, 0.05) is 27.3 Å². The number of ether oxygens (including phenoxy) is 1. The topological polar surface area (TPSA) is 62.4 Å². The van der Waals surface area contributed by atoms with Gasteiger partial charge in [-0.15, -0.1) is 11.3 Å². The number of carbonyl (C=O) groups is 1. The number of pyridine rings is 1. The number of rotatable bonds is 6. The molecule has 1 aromatic carbocycles. The van der Waals surface area contributed by atoms with E-state index in [-0.39, 0.29) is 17.4 Å². The van der Waals surface area contributed by atoms with Crippen LogP contribution in [-0.4, -0.2) is 22.9 Å². The number of aromatic amines is 1. The van der Waals surface area contributed by atoms with Gasteiger partial charge in [0.2, 0.25) is 5.91 Å². The standard InChI is InChI=1S/C23H26N2O3S/c1-28-19-9-10-21-17(13-19)12-18(22(26)24-21)14-25(15-20-8-5-11-29-20)23(27)16-6-3-2-4-7-16/h5,8-13,16H,2-4,6-7,14-15H2,1H3,(H,24,26). The lowest BCUT2D eigenvalue weighted by molar-refractivity contribution is -0.137. The van der Waals surface area contributed by atoms with E-state index >= 15 is 0 Å². The van der Waals surface area contributed by atoms with Crippen LogP contribution in [0.5, 0.6) is 5.75 Å². The highest BCUT2D eigenvalue weighted by Gasteiger charge is 2.27. The van der Waals surface area contributed by atoms with E-state index in [0.717, 1.165) is 47.2 Å². The van der Waals surface area contributed by atoms with Crippen LogP contribution in [0.15, 0.2) is 46.6 Å². The molecule has 3 aromatic rings. The van der Waals surface area contributed by atoms with Gasteiger partial charge in [0.15, 0.2) is 0 Å². The fourth-order valence-electron chi connectivity index (χ4n) is 4.09. The normalized spacial score (nSPS) is 14.8. The fourth-order valence-corrected chi connectivity index (χ4v) is 4.81. The van der Waals surface area contributed by atoms with Gasteiger partial charge >= 0.3 is 0 Å². The molecule has 1 aliphatic rings. The van der Waals surface area contributed by atoms with Crippen LogP contribution in [0.25, 0.3) is 10.9 Å². The average molecular weight is 411 g/mol. The molecule has 5 nitrogen and oxygen atoms in total. The van der Waals surface area contributed by atoms with Crippen LogP contribution in [0, 0.1) is 5.92 Å². The molecule has 0 unspecified atom stereocenters. The average Bonchev–Trinajstić information content (AvgIpc) is 3.26. The number of hydrogen-bond acceptors (Lipinski definition) is 4. The highest BCUT2D eigenvalue weighted by molar-refractivity contribution is 7.09. The molecular formula is C23H26N2O3S. The quantitative estimate of drug-likeness (QED) is 0.640. The number of thiophene rings is 1. The van der Waals surface area contributed by atoms with Crippen LogP contribution in [0.2, 0.25) is 0 Å². The predicted molar refractivity (Wildman–Crippen MR) is 116 cm³/mol. The zero-order valence-corrected chi connectivity index (χ0v) is 17.5. The van der Waals surface area contributed by atoms with Crippen molar-refractivity contribution in [1.82, 2.24) is 9.88 Å². The summed E-state index contributed by atoms with van der Waals surface area (Å²) in [5.74, 6) is 0.982. The van der Waals surface area contributed by atoms with Crippen LogP contribution in [0.4, 0.5) is 0 Å². The van der Waals surface area contributed by atoms with Gasteiger partial charge in [0.05, 0.1) is 20.2 Å². The van der Waals surface area contributed by atoms with Crippen molar-refractivity contribution >= 4 is 28.1 Å². The molecule has 0 spiro atoms. The van der Waals surface area contributed by atoms with Gasteiger partial charge in [-0.2, -0.15) is 0 Å². The second-order valence-electron chi connectivity index (χ2n) is 7.69. The van der Waals surface area contributed by atoms with E-state index in [2.05, 4.69) is 4.98 Å². The summed E-state index contributed by atoms with van der Waals surface area (Å²) in [5, 5.41) is 2.92. The van der Waals surface area contributed by atoms with Gasteiger partial charge in [-0.05, 0) is 48.6 Å². The number of nitrogens with zero attached hydrogens (tertiary/aromatic N) is 1. The minimum Gasteiger partial charge on any atom is -0.497 e. The number of carbonyl (C=O) groups excluding carboxylic acids is 1. The van der Waals surface area contributed by atoms with Gasteiger partial charge in [0.25, 0.3) is 5.56 Å². The summed E-state index contributed by atoms with van der Waals surface area (Å²) < 4.78 is 5.31. The SMILES string of the molecule is COc1ccc2[nH]c(=O)c(CN(Cc3cccs3)C(=O)C3CCCCC3)cc2c1. The molecule has 152 valence electrons. The number of fused-ring (bicyclic) bond motifs is 1. The number of hydrogen-bond donors (Lipinski definition) is 1. The van der Waals surface area contributed by atoms with Crippen molar-refractivity contribution in [2.45, 2.75) is 45.2 Å². The molecule has 0 atom stereocenters. The first-order valence-corrected chi connectivity index (χ1v) is 11.0. The van der Waals surface area contributed by atoms with Crippen molar-refractivity contribution in [2.24, 2.45) is 5.92 Å². The van der Waals surface area contributed by atoms with Crippen molar-refractivity contribution in [3.8, 4) is 5.75 Å². The van der Waals surface area contributed by atoms with Crippen LogP contribution < -0.4 is 10.3 Å². The molecule has 1 N–H and O–H groups in total. The van der Waals surface area contributed by atoms with Gasteiger partial charge in [-0.3, -0.25) is 9.59 Å². The lowest BCUT2D eigenvalue weighted by Crippen LogP contribution is -2.37. The van der Waals surface area contributed by atoms with Crippen LogP contribution >= 0.6 is 11.3 Å². The summed E-state index contributed by atoms with van der Waals surface area (Å²) in [6.07, 6.45) is 5.33. The van der Waals surface area contributed by atoms with E-state index in [1.165, 1.54) is 6.42 Å². The molecule has 1 fully saturated rings. The number of amides is 1. The highest BCUT2D eigenvalue weighted by Crippen LogP contribution is 2.27. The number of benzene rings is 1. The molecule has 1 saturated carbocycles. The molecule has 0 radical (unpaired) electrons. The monoisotopic (exact) mass is 410 g/mol. The molecule has 0 saturated heterocycles. The summed E-state index contributed by atoms with van der Waals surface area (Å²) in [6, 6.07) is 11.5. The van der Waals surface area contributed by atoms with Gasteiger partial charge in [-0.1, -0.05) is 25.3 Å². The highest BCUT2D eigenvalue weighted by atomic mass is 32.1. The van der Waals surface area contributed by atoms with E-state index in [1.54, 1.807) is 18.4 Å². The smallest absolute Gasteiger partial charge is 0.253 e. The molecule has 0 bridgehead atoms. The van der Waals surface area contributed by atoms with Gasteiger partial charge < -0.3 is 14.6 Å². The van der Waals surface area contributed by atoms with E-state index in [0.29, 0.717) is 18.7 Å². The first kappa shape index (κ1) is 19.7. The molecule has 2 heterocycles. The molecule has 29 heavy (non-hydrogen) atoms. The van der Waals surface area contributed by atoms with Crippen LogP contribution in [0.3, 0.4) is 0 Å². The Morgan fingerprint density at radius 1 is 1.17 bits per heavy atom. The lowest BCUT2D eigenvalue weighted by atomic mass is 9.88. The fraction of sp³-hybridized carbons (Fsp3) is 0.391. The maximum atomic E-state index is 13.3. The van der Waals surface area contributed by atoms with Crippen molar-refractivity contribution in [1.29, 1.82) is 0 Å². The van der Waals surface area contributed by atoms with E-state index in [1.807, 2.05) is 46.7 Å². The first-order valence-electron chi connectivity index (χ1n) is 10.1. The zero-order chi connectivity index (χ0) is 20.2. The van der Waals surface area contributed by atoms with Crippen LogP contribution in [-0.2, 0) is 17.9 Å². The lowest BCUT2D eigenvalue weighted by Gasteiger charge is -2.29. The summed E-state index contributed by atoms with van der Waals surface area (Å²) in [7, 11) is 1.62. The summed E-state index contributed by atoms with van der Waals surface area (Å²) in [4.78, 5) is 31.9. The number of H-pyrrole nitrogens is 1. The Balaban J connectivity index is 1.64. The summed E-state index contributed by atoms with van der Waals surface area (Å²) in [6.45, 7) is 0.859. The second kappa shape index (κ2) is 8.82. The minimum absolute atomic E-state index is 0.0725. The number of nitrogens with one attached hydrogen (secondary N) is 1. The maximum Gasteiger partial charge on any atom is 0.253 e. The summed E-state index contributed by atoms with van der Waals surface area (Å²) >= 11 is 1.64. The first-order chi connectivity index (χ1) is 14.1. The molecule has 4 rings (SSSR count). The zero-order valence-electron chi connectivity index (χ0n) is 16.6. The maximum absolute atomic E-state index is 13.3. The van der Waals surface area contributed by atoms with E-state index in [9.17, 15) is 9.59 Å². The molecule has 2 aromatic heterocycles. The Hall–Kier alpha value is -2.60. The Kier molecular flexibility index (Phi) is 6.00. The third kappa shape index (κ3) is 4.53. The second-order valence-corrected chi connectivity index (χ2v) is 8.72. The van der Waals surface area contributed by atoms with Crippen molar-refractivity contribution in [3.05, 3.63) is 62.6 Å². The molecule has 1 aliphatic carbocycles. The van der Waals surface area contributed by atoms with Crippen molar-refractivity contribution in [3.63, 3.8) is 0 Å². The molecule has 0 aliphatic heterocycles. The Morgan fingerprint density at radius 2 is 2.00 bits per heavy atom. The molecule has 1 amide bonds. The van der Waals surface area contributed by atoms with Crippen molar-refractivity contribution in [2.75, 3.05) is 7.11 Å². The Labute approximate surface area is 174 Å². The number of aromatic nitrogens is 1. The predicted octanol–water partition coefficient (Wildman–Crippen LogP) is 4.71.